The molecule has 2 heterocycles. The van der Waals surface area contributed by atoms with Crippen molar-refractivity contribution in [1.29, 1.82) is 0 Å². The lowest BCUT2D eigenvalue weighted by Gasteiger charge is -2.33. The van der Waals surface area contributed by atoms with Crippen LogP contribution in [0.3, 0.4) is 0 Å². The van der Waals surface area contributed by atoms with Gasteiger partial charge in [-0.15, -0.1) is 5.10 Å². The fraction of sp³-hybridized carbons (Fsp3) is 0.688. The van der Waals surface area contributed by atoms with Gasteiger partial charge in [-0.3, -0.25) is 0 Å². The number of amides is 1. The minimum Gasteiger partial charge on any atom is -0.444 e. The van der Waals surface area contributed by atoms with E-state index in [2.05, 4.69) is 10.2 Å². The molecule has 1 atom stereocenters. The minimum absolute atomic E-state index is 0.0116. The van der Waals surface area contributed by atoms with Crippen molar-refractivity contribution in [3.8, 4) is 0 Å². The van der Waals surface area contributed by atoms with E-state index in [1.807, 2.05) is 20.8 Å². The van der Waals surface area contributed by atoms with Crippen molar-refractivity contribution >= 4 is 15.9 Å². The van der Waals surface area contributed by atoms with Gasteiger partial charge in [-0.25, -0.2) is 13.2 Å². The summed E-state index contributed by atoms with van der Waals surface area (Å²) in [6.45, 7) is 8.17. The van der Waals surface area contributed by atoms with Crippen LogP contribution >= 0.6 is 0 Å². The highest BCUT2D eigenvalue weighted by molar-refractivity contribution is 7.91. The van der Waals surface area contributed by atoms with Crippen LogP contribution in [0.15, 0.2) is 17.2 Å². The van der Waals surface area contributed by atoms with Crippen LogP contribution in [0.2, 0.25) is 0 Å². The number of rotatable bonds is 3. The Morgan fingerprint density at radius 2 is 2.04 bits per heavy atom. The molecule has 1 aliphatic heterocycles. The van der Waals surface area contributed by atoms with Gasteiger partial charge in [0.2, 0.25) is 0 Å². The summed E-state index contributed by atoms with van der Waals surface area (Å²) in [4.78, 5) is 13.8. The van der Waals surface area contributed by atoms with Crippen molar-refractivity contribution in [3.63, 3.8) is 0 Å². The van der Waals surface area contributed by atoms with Gasteiger partial charge in [0, 0.05) is 13.1 Å². The molecule has 0 spiro atoms. The maximum atomic E-state index is 12.5. The Morgan fingerprint density at radius 1 is 1.33 bits per heavy atom. The minimum atomic E-state index is -3.51. The molecule has 7 nitrogen and oxygen atoms in total. The standard InChI is InChI=1S/C16H25N3O4S/c1-12-7-8-14(18-17-12)24(21,22)11-13-6-5-9-19(10-13)15(20)23-16(2,3)4/h7-8,13H,5-6,9-11H2,1-4H3. The van der Waals surface area contributed by atoms with Crippen molar-refractivity contribution < 1.29 is 17.9 Å². The number of ether oxygens (including phenoxy) is 1. The Labute approximate surface area is 143 Å². The number of piperidine rings is 1. The quantitative estimate of drug-likeness (QED) is 0.826. The summed E-state index contributed by atoms with van der Waals surface area (Å²) in [5, 5.41) is 7.57. The first-order valence-corrected chi connectivity index (χ1v) is 9.73. The summed E-state index contributed by atoms with van der Waals surface area (Å²) in [6, 6.07) is 3.11. The van der Waals surface area contributed by atoms with Crippen molar-refractivity contribution in [3.05, 3.63) is 17.8 Å². The maximum absolute atomic E-state index is 12.5. The average molecular weight is 355 g/mol. The highest BCUT2D eigenvalue weighted by Crippen LogP contribution is 2.22. The normalized spacial score (nSPS) is 19.2. The van der Waals surface area contributed by atoms with E-state index >= 15 is 0 Å². The lowest BCUT2D eigenvalue weighted by Crippen LogP contribution is -2.44. The monoisotopic (exact) mass is 355 g/mol. The fourth-order valence-corrected chi connectivity index (χ4v) is 4.15. The largest absolute Gasteiger partial charge is 0.444 e. The van der Waals surface area contributed by atoms with Crippen molar-refractivity contribution in [1.82, 2.24) is 15.1 Å². The van der Waals surface area contributed by atoms with Crippen LogP contribution in [-0.2, 0) is 14.6 Å². The highest BCUT2D eigenvalue weighted by Gasteiger charge is 2.31. The second-order valence-electron chi connectivity index (χ2n) is 7.23. The van der Waals surface area contributed by atoms with E-state index in [0.29, 0.717) is 18.8 Å². The second-order valence-corrected chi connectivity index (χ2v) is 9.21. The molecule has 1 unspecified atom stereocenters. The number of aryl methyl sites for hydroxylation is 1. The first kappa shape index (κ1) is 18.6. The molecule has 1 aromatic rings. The third-order valence-corrected chi connectivity index (χ3v) is 5.48. The van der Waals surface area contributed by atoms with Gasteiger partial charge in [0.15, 0.2) is 14.9 Å². The smallest absolute Gasteiger partial charge is 0.410 e. The predicted molar refractivity (Wildman–Crippen MR) is 89.4 cm³/mol. The Hall–Kier alpha value is -1.70. The molecule has 0 aliphatic carbocycles. The number of likely N-dealkylation sites (tertiary alicyclic amines) is 1. The van der Waals surface area contributed by atoms with Crippen LogP contribution < -0.4 is 0 Å². The number of hydrogen-bond acceptors (Lipinski definition) is 6. The summed E-state index contributed by atoms with van der Waals surface area (Å²) >= 11 is 0. The van der Waals surface area contributed by atoms with E-state index in [4.69, 9.17) is 4.74 Å². The maximum Gasteiger partial charge on any atom is 0.410 e. The fourth-order valence-electron chi connectivity index (χ4n) is 2.64. The van der Waals surface area contributed by atoms with Crippen LogP contribution in [0.25, 0.3) is 0 Å². The van der Waals surface area contributed by atoms with Crippen LogP contribution in [0.1, 0.15) is 39.3 Å². The van der Waals surface area contributed by atoms with Crippen LogP contribution in [0, 0.1) is 12.8 Å². The number of nitrogens with zero attached hydrogens (tertiary/aromatic N) is 3. The average Bonchev–Trinajstić information content (AvgIpc) is 2.45. The Kier molecular flexibility index (Phi) is 5.47. The van der Waals surface area contributed by atoms with Gasteiger partial charge in [-0.2, -0.15) is 5.10 Å². The molecule has 8 heteroatoms. The molecule has 1 fully saturated rings. The summed E-state index contributed by atoms with van der Waals surface area (Å²) in [6.07, 6.45) is 1.14. The molecular formula is C16H25N3O4S. The zero-order valence-electron chi connectivity index (χ0n) is 14.7. The van der Waals surface area contributed by atoms with E-state index in [1.165, 1.54) is 6.07 Å². The number of carbonyl (C=O) groups excluding carboxylic acids is 1. The zero-order chi connectivity index (χ0) is 18.0. The molecule has 0 aromatic carbocycles. The topological polar surface area (TPSA) is 89.5 Å². The summed E-state index contributed by atoms with van der Waals surface area (Å²) < 4.78 is 30.3. The number of aromatic nitrogens is 2. The zero-order valence-corrected chi connectivity index (χ0v) is 15.5. The molecule has 0 N–H and O–H groups in total. The number of carbonyl (C=O) groups is 1. The third-order valence-electron chi connectivity index (χ3n) is 3.72. The van der Waals surface area contributed by atoms with E-state index in [0.717, 1.165) is 12.8 Å². The molecule has 0 bridgehead atoms. The van der Waals surface area contributed by atoms with Crippen LogP contribution in [0.5, 0.6) is 0 Å². The van der Waals surface area contributed by atoms with Crippen molar-refractivity contribution in [2.24, 2.45) is 5.92 Å². The van der Waals surface area contributed by atoms with Crippen LogP contribution in [-0.4, -0.2) is 54.1 Å². The van der Waals surface area contributed by atoms with Gasteiger partial charge in [0.1, 0.15) is 5.60 Å². The lowest BCUT2D eigenvalue weighted by molar-refractivity contribution is 0.0176. The molecular weight excluding hydrogens is 330 g/mol. The van der Waals surface area contributed by atoms with Gasteiger partial charge in [0.25, 0.3) is 0 Å². The van der Waals surface area contributed by atoms with E-state index in [-0.39, 0.29) is 22.8 Å². The predicted octanol–water partition coefficient (Wildman–Crippen LogP) is 2.21. The number of hydrogen-bond donors (Lipinski definition) is 0. The molecule has 0 saturated carbocycles. The molecule has 24 heavy (non-hydrogen) atoms. The van der Waals surface area contributed by atoms with Crippen molar-refractivity contribution in [2.75, 3.05) is 18.8 Å². The van der Waals surface area contributed by atoms with E-state index in [1.54, 1.807) is 17.9 Å². The SMILES string of the molecule is Cc1ccc(S(=O)(=O)CC2CCCN(C(=O)OC(C)(C)C)C2)nn1. The van der Waals surface area contributed by atoms with E-state index < -0.39 is 15.4 Å². The Morgan fingerprint density at radius 3 is 2.62 bits per heavy atom. The van der Waals surface area contributed by atoms with Gasteiger partial charge >= 0.3 is 6.09 Å². The Bertz CT molecular complexity index is 680. The summed E-state index contributed by atoms with van der Waals surface area (Å²) in [5.74, 6) is -0.163. The van der Waals surface area contributed by atoms with Crippen molar-refractivity contribution in [2.45, 2.75) is 51.2 Å². The summed E-state index contributed by atoms with van der Waals surface area (Å²) in [7, 11) is -3.51. The van der Waals surface area contributed by atoms with Gasteiger partial charge in [0.05, 0.1) is 11.4 Å². The molecule has 1 saturated heterocycles. The summed E-state index contributed by atoms with van der Waals surface area (Å²) in [5.41, 5.74) is 0.107. The number of sulfone groups is 1. The first-order chi connectivity index (χ1) is 11.1. The highest BCUT2D eigenvalue weighted by atomic mass is 32.2. The lowest BCUT2D eigenvalue weighted by atomic mass is 10.0. The molecule has 1 aliphatic rings. The molecule has 1 amide bonds. The van der Waals surface area contributed by atoms with Gasteiger partial charge in [-0.05, 0) is 58.6 Å². The van der Waals surface area contributed by atoms with Crippen LogP contribution in [0.4, 0.5) is 4.79 Å². The molecule has 2 rings (SSSR count). The second kappa shape index (κ2) is 7.04. The van der Waals surface area contributed by atoms with E-state index in [9.17, 15) is 13.2 Å². The van der Waals surface area contributed by atoms with Gasteiger partial charge in [-0.1, -0.05) is 0 Å². The molecule has 1 aromatic heterocycles. The Balaban J connectivity index is 2.02. The molecule has 0 radical (unpaired) electrons. The van der Waals surface area contributed by atoms with Gasteiger partial charge < -0.3 is 9.64 Å². The third kappa shape index (κ3) is 5.15. The molecule has 134 valence electrons. The first-order valence-electron chi connectivity index (χ1n) is 8.08.